The summed E-state index contributed by atoms with van der Waals surface area (Å²) in [6.45, 7) is 11.7. The Balaban J connectivity index is 1.41. The second-order valence-corrected chi connectivity index (χ2v) is 9.30. The van der Waals surface area contributed by atoms with E-state index in [-0.39, 0.29) is 12.1 Å². The third kappa shape index (κ3) is 6.12. The number of benzene rings is 1. The lowest BCUT2D eigenvalue weighted by atomic mass is 9.94. The number of piperidine rings is 2. The van der Waals surface area contributed by atoms with Crippen molar-refractivity contribution in [1.29, 1.82) is 5.26 Å². The molecule has 0 bridgehead atoms. The Bertz CT molecular complexity index is 710. The normalized spacial score (nSPS) is 20.0. The minimum absolute atomic E-state index is 0.0390. The number of carbonyl (C=O) groups excluding carboxylic acids is 1. The van der Waals surface area contributed by atoms with Crippen molar-refractivity contribution >= 4 is 11.7 Å². The van der Waals surface area contributed by atoms with E-state index in [9.17, 15) is 4.79 Å². The van der Waals surface area contributed by atoms with Gasteiger partial charge in [0.15, 0.2) is 0 Å². The number of nitrogens with zero attached hydrogens (tertiary/aromatic N) is 3. The molecule has 2 aliphatic heterocycles. The van der Waals surface area contributed by atoms with Gasteiger partial charge in [-0.15, -0.1) is 0 Å². The minimum atomic E-state index is -0.0390. The molecule has 6 heteroatoms. The molecule has 2 amide bonds. The Kier molecular flexibility index (Phi) is 7.98. The van der Waals surface area contributed by atoms with E-state index in [2.05, 4.69) is 47.3 Å². The summed E-state index contributed by atoms with van der Waals surface area (Å²) in [4.78, 5) is 17.4. The van der Waals surface area contributed by atoms with Crippen molar-refractivity contribution in [3.8, 4) is 6.07 Å². The summed E-state index contributed by atoms with van der Waals surface area (Å²) in [6, 6.07) is 10.5. The average molecular weight is 412 g/mol. The zero-order valence-corrected chi connectivity index (χ0v) is 18.7. The molecule has 0 radical (unpaired) electrons. The second kappa shape index (κ2) is 10.7. The van der Waals surface area contributed by atoms with E-state index in [1.807, 2.05) is 24.3 Å². The van der Waals surface area contributed by atoms with Gasteiger partial charge in [0.05, 0.1) is 11.6 Å². The first-order chi connectivity index (χ1) is 14.5. The van der Waals surface area contributed by atoms with E-state index in [0.717, 1.165) is 50.6 Å². The van der Waals surface area contributed by atoms with Crippen LogP contribution in [-0.4, -0.2) is 55.7 Å². The molecule has 1 aromatic rings. The molecule has 1 atom stereocenters. The second-order valence-electron chi connectivity index (χ2n) is 9.30. The number of anilines is 1. The van der Waals surface area contributed by atoms with Crippen LogP contribution >= 0.6 is 0 Å². The molecule has 1 unspecified atom stereocenters. The third-order valence-corrected chi connectivity index (χ3v) is 6.72. The van der Waals surface area contributed by atoms with Crippen LogP contribution in [0, 0.1) is 23.2 Å². The molecule has 0 aliphatic carbocycles. The van der Waals surface area contributed by atoms with Gasteiger partial charge in [-0.2, -0.15) is 5.26 Å². The van der Waals surface area contributed by atoms with Crippen molar-refractivity contribution in [1.82, 2.24) is 15.5 Å². The number of hydrogen-bond acceptors (Lipinski definition) is 4. The maximum atomic E-state index is 12.5. The van der Waals surface area contributed by atoms with Gasteiger partial charge in [0, 0.05) is 37.4 Å². The number of nitriles is 1. The van der Waals surface area contributed by atoms with Gasteiger partial charge in [-0.05, 0) is 74.9 Å². The van der Waals surface area contributed by atoms with E-state index < -0.39 is 0 Å². The molecule has 6 nitrogen and oxygen atoms in total. The lowest BCUT2D eigenvalue weighted by Crippen LogP contribution is -2.53. The maximum Gasteiger partial charge on any atom is 0.315 e. The fourth-order valence-electron chi connectivity index (χ4n) is 4.61. The lowest BCUT2D eigenvalue weighted by molar-refractivity contribution is 0.108. The van der Waals surface area contributed by atoms with E-state index in [0.29, 0.717) is 24.1 Å². The summed E-state index contributed by atoms with van der Waals surface area (Å²) in [5.74, 6) is 1.34. The summed E-state index contributed by atoms with van der Waals surface area (Å²) in [5.41, 5.74) is 1.83. The molecule has 2 heterocycles. The highest BCUT2D eigenvalue weighted by molar-refractivity contribution is 5.74. The minimum Gasteiger partial charge on any atom is -0.371 e. The Morgan fingerprint density at radius 3 is 2.30 bits per heavy atom. The summed E-state index contributed by atoms with van der Waals surface area (Å²) in [7, 11) is 0. The lowest BCUT2D eigenvalue weighted by Gasteiger charge is -2.39. The van der Waals surface area contributed by atoms with Crippen LogP contribution in [-0.2, 0) is 0 Å². The molecule has 3 rings (SSSR count). The molecule has 0 spiro atoms. The van der Waals surface area contributed by atoms with Gasteiger partial charge in [-0.25, -0.2) is 4.79 Å². The molecule has 1 aromatic carbocycles. The van der Waals surface area contributed by atoms with Crippen LogP contribution < -0.4 is 15.5 Å². The summed E-state index contributed by atoms with van der Waals surface area (Å²) < 4.78 is 0. The van der Waals surface area contributed by atoms with Gasteiger partial charge in [-0.1, -0.05) is 20.8 Å². The van der Waals surface area contributed by atoms with E-state index in [1.54, 1.807) is 0 Å². The number of hydrogen-bond donors (Lipinski definition) is 2. The highest BCUT2D eigenvalue weighted by Crippen LogP contribution is 2.22. The van der Waals surface area contributed by atoms with Gasteiger partial charge >= 0.3 is 6.03 Å². The van der Waals surface area contributed by atoms with Crippen LogP contribution in [0.3, 0.4) is 0 Å². The van der Waals surface area contributed by atoms with Gasteiger partial charge < -0.3 is 15.5 Å². The topological polar surface area (TPSA) is 71.4 Å². The molecule has 2 fully saturated rings. The number of likely N-dealkylation sites (tertiary alicyclic amines) is 1. The summed E-state index contributed by atoms with van der Waals surface area (Å²) in [6.07, 6.45) is 4.39. The molecule has 30 heavy (non-hydrogen) atoms. The first kappa shape index (κ1) is 22.4. The first-order valence-electron chi connectivity index (χ1n) is 11.5. The Morgan fingerprint density at radius 2 is 1.73 bits per heavy atom. The molecule has 2 aliphatic rings. The quantitative estimate of drug-likeness (QED) is 0.751. The highest BCUT2D eigenvalue weighted by atomic mass is 16.2. The first-order valence-corrected chi connectivity index (χ1v) is 11.5. The van der Waals surface area contributed by atoms with Crippen LogP contribution in [0.4, 0.5) is 10.5 Å². The molecular formula is C24H37N5O. The van der Waals surface area contributed by atoms with Crippen LogP contribution in [0.25, 0.3) is 0 Å². The van der Waals surface area contributed by atoms with Gasteiger partial charge in [0.1, 0.15) is 0 Å². The number of carbonyl (C=O) groups is 1. The van der Waals surface area contributed by atoms with Gasteiger partial charge in [-0.3, -0.25) is 4.90 Å². The zero-order chi connectivity index (χ0) is 21.5. The van der Waals surface area contributed by atoms with Crippen molar-refractivity contribution in [2.24, 2.45) is 11.8 Å². The molecular weight excluding hydrogens is 374 g/mol. The predicted molar refractivity (Wildman–Crippen MR) is 122 cm³/mol. The Labute approximate surface area is 181 Å². The number of nitrogens with one attached hydrogen (secondary N) is 2. The summed E-state index contributed by atoms with van der Waals surface area (Å²) in [5, 5.41) is 15.3. The van der Waals surface area contributed by atoms with Crippen molar-refractivity contribution in [2.75, 3.05) is 37.6 Å². The number of amides is 2. The molecule has 0 saturated carbocycles. The monoisotopic (exact) mass is 411 g/mol. The average Bonchev–Trinajstić information content (AvgIpc) is 2.75. The SMILES string of the molecule is CC1CCN(C(CNC(=O)NC2CCN(c3ccc(C#N)cc3)CC2)C(C)C)CC1. The fourth-order valence-corrected chi connectivity index (χ4v) is 4.61. The maximum absolute atomic E-state index is 12.5. The van der Waals surface area contributed by atoms with Crippen molar-refractivity contribution in [3.63, 3.8) is 0 Å². The fraction of sp³-hybridized carbons (Fsp3) is 0.667. The predicted octanol–water partition coefficient (Wildman–Crippen LogP) is 3.58. The van der Waals surface area contributed by atoms with Crippen LogP contribution in [0.2, 0.25) is 0 Å². The Hall–Kier alpha value is -2.26. The Morgan fingerprint density at radius 1 is 1.10 bits per heavy atom. The number of urea groups is 1. The smallest absolute Gasteiger partial charge is 0.315 e. The van der Waals surface area contributed by atoms with Crippen molar-refractivity contribution in [3.05, 3.63) is 29.8 Å². The van der Waals surface area contributed by atoms with E-state index >= 15 is 0 Å². The molecule has 0 aromatic heterocycles. The number of rotatable bonds is 6. The highest BCUT2D eigenvalue weighted by Gasteiger charge is 2.26. The standard InChI is InChI=1S/C24H37N5O/c1-18(2)23(29-12-8-19(3)9-13-29)17-26-24(30)27-21-10-14-28(15-11-21)22-6-4-20(16-25)5-7-22/h4-7,18-19,21,23H,8-15,17H2,1-3H3,(H2,26,27,30). The van der Waals surface area contributed by atoms with Crippen molar-refractivity contribution in [2.45, 2.75) is 58.5 Å². The van der Waals surface area contributed by atoms with Crippen LogP contribution in [0.15, 0.2) is 24.3 Å². The van der Waals surface area contributed by atoms with Gasteiger partial charge in [0.25, 0.3) is 0 Å². The van der Waals surface area contributed by atoms with E-state index in [1.165, 1.54) is 12.8 Å². The largest absolute Gasteiger partial charge is 0.371 e. The molecule has 2 saturated heterocycles. The van der Waals surface area contributed by atoms with Gasteiger partial charge in [0.2, 0.25) is 0 Å². The van der Waals surface area contributed by atoms with E-state index in [4.69, 9.17) is 5.26 Å². The van der Waals surface area contributed by atoms with Crippen LogP contribution in [0.5, 0.6) is 0 Å². The van der Waals surface area contributed by atoms with Crippen molar-refractivity contribution < 1.29 is 4.79 Å². The molecule has 164 valence electrons. The zero-order valence-electron chi connectivity index (χ0n) is 18.7. The third-order valence-electron chi connectivity index (χ3n) is 6.72. The molecule has 2 N–H and O–H groups in total. The van der Waals surface area contributed by atoms with Crippen LogP contribution in [0.1, 0.15) is 52.0 Å². The summed E-state index contributed by atoms with van der Waals surface area (Å²) >= 11 is 0.